The summed E-state index contributed by atoms with van der Waals surface area (Å²) in [7, 11) is 3.17. The van der Waals surface area contributed by atoms with Crippen molar-refractivity contribution >= 4 is 6.03 Å². The fourth-order valence-corrected chi connectivity index (χ4v) is 1.30. The van der Waals surface area contributed by atoms with Gasteiger partial charge in [-0.3, -0.25) is 14.3 Å². The zero-order chi connectivity index (χ0) is 13.9. The predicted octanol–water partition coefficient (Wildman–Crippen LogP) is -1.18. The minimum Gasteiger partial charge on any atom is -0.494 e. The second-order valence-corrected chi connectivity index (χ2v) is 3.99. The second-order valence-electron chi connectivity index (χ2n) is 3.99. The number of rotatable bonds is 3. The molecule has 0 aliphatic rings. The van der Waals surface area contributed by atoms with Crippen molar-refractivity contribution in [3.8, 4) is 5.88 Å². The van der Waals surface area contributed by atoms with E-state index in [9.17, 15) is 19.5 Å². The van der Waals surface area contributed by atoms with E-state index >= 15 is 0 Å². The average Bonchev–Trinajstić information content (AvgIpc) is 2.30. The standard InChI is InChI=1S/C10H16N4O4/c1-6-7(15)12-10(18)14(8(6)16)5-4-11-9(17)13(2)3/h16H,4-5H2,1-3H3,(H,11,17)(H,12,15,18). The molecule has 1 rings (SSSR count). The Bertz CT molecular complexity index is 558. The van der Waals surface area contributed by atoms with E-state index in [1.165, 1.54) is 11.8 Å². The number of hydrogen-bond acceptors (Lipinski definition) is 4. The van der Waals surface area contributed by atoms with Crippen LogP contribution in [0.1, 0.15) is 5.56 Å². The highest BCUT2D eigenvalue weighted by molar-refractivity contribution is 5.73. The lowest BCUT2D eigenvalue weighted by Crippen LogP contribution is -2.39. The lowest BCUT2D eigenvalue weighted by Gasteiger charge is -2.13. The minimum atomic E-state index is -0.706. The zero-order valence-electron chi connectivity index (χ0n) is 10.5. The van der Waals surface area contributed by atoms with Crippen LogP contribution in [0.2, 0.25) is 0 Å². The number of aromatic amines is 1. The molecule has 0 aliphatic carbocycles. The average molecular weight is 256 g/mol. The Morgan fingerprint density at radius 1 is 1.44 bits per heavy atom. The summed E-state index contributed by atoms with van der Waals surface area (Å²) in [5.74, 6) is -0.386. The van der Waals surface area contributed by atoms with Crippen LogP contribution in [0.5, 0.6) is 5.88 Å². The molecular formula is C10H16N4O4. The van der Waals surface area contributed by atoms with Crippen molar-refractivity contribution in [3.05, 3.63) is 26.4 Å². The molecule has 8 nitrogen and oxygen atoms in total. The molecule has 0 saturated carbocycles. The maximum atomic E-state index is 11.4. The number of amides is 2. The van der Waals surface area contributed by atoms with E-state index in [2.05, 4.69) is 10.3 Å². The summed E-state index contributed by atoms with van der Waals surface area (Å²) in [4.78, 5) is 37.3. The van der Waals surface area contributed by atoms with E-state index in [0.717, 1.165) is 4.57 Å². The van der Waals surface area contributed by atoms with Gasteiger partial charge in [0.25, 0.3) is 5.56 Å². The van der Waals surface area contributed by atoms with Crippen LogP contribution in [0.15, 0.2) is 9.59 Å². The third-order valence-corrected chi connectivity index (χ3v) is 2.42. The van der Waals surface area contributed by atoms with Gasteiger partial charge in [0.05, 0.1) is 5.56 Å². The number of urea groups is 1. The van der Waals surface area contributed by atoms with Crippen LogP contribution in [-0.4, -0.2) is 46.2 Å². The minimum absolute atomic E-state index is 0.0635. The fraction of sp³-hybridized carbons (Fsp3) is 0.500. The summed E-state index contributed by atoms with van der Waals surface area (Å²) >= 11 is 0. The van der Waals surface area contributed by atoms with Gasteiger partial charge in [-0.1, -0.05) is 0 Å². The summed E-state index contributed by atoms with van der Waals surface area (Å²) in [5.41, 5.74) is -1.26. The number of carbonyl (C=O) groups excluding carboxylic acids is 1. The molecule has 0 unspecified atom stereocenters. The van der Waals surface area contributed by atoms with Gasteiger partial charge in [0.15, 0.2) is 0 Å². The monoisotopic (exact) mass is 256 g/mol. The maximum absolute atomic E-state index is 11.4. The van der Waals surface area contributed by atoms with E-state index in [-0.39, 0.29) is 30.6 Å². The molecule has 0 aliphatic heterocycles. The third kappa shape index (κ3) is 2.90. The zero-order valence-corrected chi connectivity index (χ0v) is 10.5. The van der Waals surface area contributed by atoms with Crippen molar-refractivity contribution in [3.63, 3.8) is 0 Å². The first-order valence-corrected chi connectivity index (χ1v) is 5.32. The Balaban J connectivity index is 2.81. The largest absolute Gasteiger partial charge is 0.494 e. The Hall–Kier alpha value is -2.25. The summed E-state index contributed by atoms with van der Waals surface area (Å²) < 4.78 is 0.993. The van der Waals surface area contributed by atoms with E-state index < -0.39 is 11.2 Å². The van der Waals surface area contributed by atoms with Gasteiger partial charge in [-0.25, -0.2) is 9.59 Å². The topological polar surface area (TPSA) is 107 Å². The van der Waals surface area contributed by atoms with Gasteiger partial charge in [-0.05, 0) is 6.92 Å². The van der Waals surface area contributed by atoms with E-state index in [0.29, 0.717) is 0 Å². The second kappa shape index (κ2) is 5.39. The fourth-order valence-electron chi connectivity index (χ4n) is 1.30. The van der Waals surface area contributed by atoms with Crippen molar-refractivity contribution in [2.24, 2.45) is 0 Å². The van der Waals surface area contributed by atoms with Crippen molar-refractivity contribution in [1.82, 2.24) is 19.8 Å². The molecule has 1 aromatic rings. The molecule has 3 N–H and O–H groups in total. The first-order valence-electron chi connectivity index (χ1n) is 5.32. The molecule has 0 fully saturated rings. The predicted molar refractivity (Wildman–Crippen MR) is 64.8 cm³/mol. The van der Waals surface area contributed by atoms with E-state index in [4.69, 9.17) is 0 Å². The van der Waals surface area contributed by atoms with Gasteiger partial charge in [0.2, 0.25) is 5.88 Å². The Morgan fingerprint density at radius 2 is 2.06 bits per heavy atom. The number of hydrogen-bond donors (Lipinski definition) is 3. The number of H-pyrrole nitrogens is 1. The SMILES string of the molecule is Cc1c(O)n(CCNC(=O)N(C)C)c(=O)[nH]c1=O. The summed E-state index contributed by atoms with van der Waals surface area (Å²) in [6.07, 6.45) is 0. The summed E-state index contributed by atoms with van der Waals surface area (Å²) in [6, 6.07) is -0.302. The van der Waals surface area contributed by atoms with Gasteiger partial charge in [0, 0.05) is 27.2 Å². The molecule has 0 spiro atoms. The lowest BCUT2D eigenvalue weighted by atomic mass is 10.3. The number of carbonyl (C=O) groups is 1. The van der Waals surface area contributed by atoms with Crippen molar-refractivity contribution in [2.75, 3.05) is 20.6 Å². The van der Waals surface area contributed by atoms with Crippen molar-refractivity contribution in [1.29, 1.82) is 0 Å². The van der Waals surface area contributed by atoms with Crippen LogP contribution in [0.25, 0.3) is 0 Å². The molecule has 1 aromatic heterocycles. The number of aromatic nitrogens is 2. The van der Waals surface area contributed by atoms with Crippen LogP contribution in [0, 0.1) is 6.92 Å². The molecule has 0 bridgehead atoms. The Kier molecular flexibility index (Phi) is 4.13. The Morgan fingerprint density at radius 3 is 2.61 bits per heavy atom. The summed E-state index contributed by atoms with van der Waals surface area (Å²) in [5, 5.41) is 12.2. The smallest absolute Gasteiger partial charge is 0.331 e. The number of aromatic hydroxyl groups is 1. The van der Waals surface area contributed by atoms with Gasteiger partial charge < -0.3 is 15.3 Å². The highest BCUT2D eigenvalue weighted by atomic mass is 16.3. The summed E-state index contributed by atoms with van der Waals surface area (Å²) in [6.45, 7) is 1.64. The normalized spacial score (nSPS) is 10.2. The van der Waals surface area contributed by atoms with Gasteiger partial charge >= 0.3 is 11.7 Å². The Labute approximate surface area is 103 Å². The maximum Gasteiger partial charge on any atom is 0.331 e. The van der Waals surface area contributed by atoms with E-state index in [1.807, 2.05) is 0 Å². The van der Waals surface area contributed by atoms with Crippen molar-refractivity contribution < 1.29 is 9.90 Å². The molecular weight excluding hydrogens is 240 g/mol. The van der Waals surface area contributed by atoms with Crippen LogP contribution in [0.3, 0.4) is 0 Å². The molecule has 0 aromatic carbocycles. The molecule has 18 heavy (non-hydrogen) atoms. The van der Waals surface area contributed by atoms with Gasteiger partial charge in [-0.2, -0.15) is 0 Å². The molecule has 100 valence electrons. The molecule has 0 atom stereocenters. The van der Waals surface area contributed by atoms with Crippen LogP contribution < -0.4 is 16.6 Å². The quantitative estimate of drug-likeness (QED) is 0.632. The van der Waals surface area contributed by atoms with Crippen LogP contribution >= 0.6 is 0 Å². The third-order valence-electron chi connectivity index (χ3n) is 2.42. The van der Waals surface area contributed by atoms with Crippen LogP contribution in [0.4, 0.5) is 4.79 Å². The van der Waals surface area contributed by atoms with Crippen LogP contribution in [-0.2, 0) is 6.54 Å². The highest BCUT2D eigenvalue weighted by Crippen LogP contribution is 2.06. The molecule has 1 heterocycles. The van der Waals surface area contributed by atoms with Crippen molar-refractivity contribution in [2.45, 2.75) is 13.5 Å². The van der Waals surface area contributed by atoms with E-state index in [1.54, 1.807) is 14.1 Å². The lowest BCUT2D eigenvalue weighted by molar-refractivity contribution is 0.216. The van der Waals surface area contributed by atoms with Gasteiger partial charge in [-0.15, -0.1) is 0 Å². The molecule has 8 heteroatoms. The highest BCUT2D eigenvalue weighted by Gasteiger charge is 2.10. The molecule has 0 saturated heterocycles. The number of nitrogens with one attached hydrogen (secondary N) is 2. The molecule has 2 amide bonds. The first kappa shape index (κ1) is 13.8. The first-order chi connectivity index (χ1) is 8.34. The number of nitrogens with zero attached hydrogens (tertiary/aromatic N) is 2. The molecule has 0 radical (unpaired) electrons. The van der Waals surface area contributed by atoms with Gasteiger partial charge in [0.1, 0.15) is 0 Å².